The lowest BCUT2D eigenvalue weighted by molar-refractivity contribution is -0.122. The van der Waals surface area contributed by atoms with E-state index in [2.05, 4.69) is 10.6 Å². The lowest BCUT2D eigenvalue weighted by Gasteiger charge is -2.17. The van der Waals surface area contributed by atoms with E-state index < -0.39 is 9.84 Å². The molecule has 6 nitrogen and oxygen atoms in total. The number of hydrogen-bond donors (Lipinski definition) is 2. The number of carbonyl (C=O) groups is 1. The van der Waals surface area contributed by atoms with Crippen LogP contribution in [0.4, 0.5) is 0 Å². The van der Waals surface area contributed by atoms with Crippen LogP contribution in [0.2, 0.25) is 0 Å². The summed E-state index contributed by atoms with van der Waals surface area (Å²) in [4.78, 5) is 11.7. The third-order valence-electron chi connectivity index (χ3n) is 2.94. The van der Waals surface area contributed by atoms with E-state index in [0.717, 1.165) is 6.42 Å². The van der Waals surface area contributed by atoms with E-state index in [9.17, 15) is 13.2 Å². The van der Waals surface area contributed by atoms with E-state index in [1.165, 1.54) is 0 Å². The quantitative estimate of drug-likeness (QED) is 0.602. The highest BCUT2D eigenvalue weighted by Crippen LogP contribution is 2.11. The van der Waals surface area contributed by atoms with Gasteiger partial charge in [-0.25, -0.2) is 8.42 Å². The third-order valence-corrected chi connectivity index (χ3v) is 4.70. The predicted octanol–water partition coefficient (Wildman–Crippen LogP) is -0.696. The molecule has 2 N–H and O–H groups in total. The van der Waals surface area contributed by atoms with Gasteiger partial charge in [0.25, 0.3) is 0 Å². The summed E-state index contributed by atoms with van der Waals surface area (Å²) in [6.07, 6.45) is 1.36. The molecule has 0 radical (unpaired) electrons. The maximum atomic E-state index is 11.7. The second kappa shape index (κ2) is 7.06. The molecule has 0 bridgehead atoms. The fourth-order valence-electron chi connectivity index (χ4n) is 1.94. The molecule has 0 aromatic carbocycles. The fourth-order valence-corrected chi connectivity index (χ4v) is 3.62. The maximum absolute atomic E-state index is 11.7. The molecule has 1 saturated heterocycles. The minimum Gasteiger partial charge on any atom is -0.385 e. The van der Waals surface area contributed by atoms with Crippen molar-refractivity contribution in [3.63, 3.8) is 0 Å². The molecule has 1 fully saturated rings. The van der Waals surface area contributed by atoms with Crippen molar-refractivity contribution in [3.8, 4) is 0 Å². The van der Waals surface area contributed by atoms with E-state index >= 15 is 0 Å². The Bertz CT molecular complexity index is 369. The van der Waals surface area contributed by atoms with Gasteiger partial charge in [-0.3, -0.25) is 4.79 Å². The van der Waals surface area contributed by atoms with Crippen LogP contribution < -0.4 is 10.6 Å². The molecule has 1 rings (SSSR count). The first kappa shape index (κ1) is 15.4. The Morgan fingerprint density at radius 3 is 2.78 bits per heavy atom. The fraction of sp³-hybridized carbons (Fsp3) is 0.909. The van der Waals surface area contributed by atoms with Gasteiger partial charge >= 0.3 is 0 Å². The second-order valence-corrected chi connectivity index (χ2v) is 6.85. The van der Waals surface area contributed by atoms with Gasteiger partial charge in [0.15, 0.2) is 9.84 Å². The number of methoxy groups -OCH3 is 1. The van der Waals surface area contributed by atoms with Crippen LogP contribution in [0, 0.1) is 0 Å². The van der Waals surface area contributed by atoms with E-state index in [4.69, 9.17) is 4.74 Å². The monoisotopic (exact) mass is 278 g/mol. The maximum Gasteiger partial charge on any atom is 0.236 e. The van der Waals surface area contributed by atoms with Crippen molar-refractivity contribution in [1.82, 2.24) is 10.6 Å². The van der Waals surface area contributed by atoms with Crippen LogP contribution in [0.25, 0.3) is 0 Å². The molecule has 0 aliphatic carbocycles. The first-order valence-electron chi connectivity index (χ1n) is 6.18. The lowest BCUT2D eigenvalue weighted by Crippen LogP contribution is -2.47. The van der Waals surface area contributed by atoms with Gasteiger partial charge in [0.1, 0.15) is 0 Å². The summed E-state index contributed by atoms with van der Waals surface area (Å²) in [5.41, 5.74) is 0. The minimum absolute atomic E-state index is 0.101. The van der Waals surface area contributed by atoms with E-state index in [1.54, 1.807) is 14.0 Å². The SMILES string of the molecule is COCCCNC(=O)C(C)NC1CCS(=O)(=O)C1. The molecule has 1 aliphatic heterocycles. The Balaban J connectivity index is 2.23. The summed E-state index contributed by atoms with van der Waals surface area (Å²) in [5.74, 6) is 0.247. The van der Waals surface area contributed by atoms with Crippen LogP contribution in [0.3, 0.4) is 0 Å². The molecule has 18 heavy (non-hydrogen) atoms. The zero-order chi connectivity index (χ0) is 13.6. The Morgan fingerprint density at radius 1 is 1.50 bits per heavy atom. The van der Waals surface area contributed by atoms with Crippen molar-refractivity contribution in [2.24, 2.45) is 0 Å². The van der Waals surface area contributed by atoms with Crippen LogP contribution in [-0.4, -0.2) is 58.2 Å². The molecule has 1 amide bonds. The van der Waals surface area contributed by atoms with E-state index in [-0.39, 0.29) is 29.5 Å². The summed E-state index contributed by atoms with van der Waals surface area (Å²) in [6.45, 7) is 2.93. The van der Waals surface area contributed by atoms with Crippen molar-refractivity contribution in [2.45, 2.75) is 31.8 Å². The van der Waals surface area contributed by atoms with Gasteiger partial charge in [-0.2, -0.15) is 0 Å². The predicted molar refractivity (Wildman–Crippen MR) is 69.2 cm³/mol. The van der Waals surface area contributed by atoms with E-state index in [1.807, 2.05) is 0 Å². The molecule has 7 heteroatoms. The number of sulfone groups is 1. The van der Waals surface area contributed by atoms with Crippen LogP contribution >= 0.6 is 0 Å². The highest BCUT2D eigenvalue weighted by atomic mass is 32.2. The standard InChI is InChI=1S/C11H22N2O4S/c1-9(11(14)12-5-3-6-17-2)13-10-4-7-18(15,16)8-10/h9-10,13H,3-8H2,1-2H3,(H,12,14). The molecule has 2 unspecified atom stereocenters. The number of ether oxygens (including phenoxy) is 1. The zero-order valence-corrected chi connectivity index (χ0v) is 11.8. The summed E-state index contributed by atoms with van der Waals surface area (Å²) < 4.78 is 27.4. The number of carbonyl (C=O) groups excluding carboxylic acids is 1. The van der Waals surface area contributed by atoms with Gasteiger partial charge in [-0.05, 0) is 19.8 Å². The lowest BCUT2D eigenvalue weighted by atomic mass is 10.2. The number of hydrogen-bond acceptors (Lipinski definition) is 5. The van der Waals surface area contributed by atoms with Crippen molar-refractivity contribution in [1.29, 1.82) is 0 Å². The molecular weight excluding hydrogens is 256 g/mol. The summed E-state index contributed by atoms with van der Waals surface area (Å²) in [5, 5.41) is 5.83. The molecule has 0 saturated carbocycles. The van der Waals surface area contributed by atoms with Gasteiger partial charge in [0.05, 0.1) is 17.5 Å². The highest BCUT2D eigenvalue weighted by molar-refractivity contribution is 7.91. The summed E-state index contributed by atoms with van der Waals surface area (Å²) in [6, 6.07) is -0.472. The average molecular weight is 278 g/mol. The number of nitrogens with one attached hydrogen (secondary N) is 2. The van der Waals surface area contributed by atoms with Gasteiger partial charge in [0, 0.05) is 26.3 Å². The Labute approximate surface area is 108 Å². The Kier molecular flexibility index (Phi) is 6.04. The Hall–Kier alpha value is -0.660. The second-order valence-electron chi connectivity index (χ2n) is 4.63. The van der Waals surface area contributed by atoms with Gasteiger partial charge in [-0.1, -0.05) is 0 Å². The minimum atomic E-state index is -2.90. The van der Waals surface area contributed by atoms with Gasteiger partial charge in [-0.15, -0.1) is 0 Å². The van der Waals surface area contributed by atoms with Crippen molar-refractivity contribution >= 4 is 15.7 Å². The number of amides is 1. The molecule has 1 heterocycles. The first-order chi connectivity index (χ1) is 8.44. The molecule has 106 valence electrons. The normalized spacial score (nSPS) is 23.8. The number of rotatable bonds is 7. The topological polar surface area (TPSA) is 84.5 Å². The first-order valence-corrected chi connectivity index (χ1v) is 8.00. The summed E-state index contributed by atoms with van der Waals surface area (Å²) >= 11 is 0. The molecule has 1 aliphatic rings. The van der Waals surface area contributed by atoms with E-state index in [0.29, 0.717) is 19.6 Å². The van der Waals surface area contributed by atoms with Gasteiger partial charge < -0.3 is 15.4 Å². The third kappa shape index (κ3) is 5.32. The van der Waals surface area contributed by atoms with Crippen molar-refractivity contribution in [3.05, 3.63) is 0 Å². The van der Waals surface area contributed by atoms with Crippen molar-refractivity contribution < 1.29 is 17.9 Å². The van der Waals surface area contributed by atoms with Crippen LogP contribution in [-0.2, 0) is 19.4 Å². The van der Waals surface area contributed by atoms with Crippen molar-refractivity contribution in [2.75, 3.05) is 31.8 Å². The molecule has 0 aromatic heterocycles. The molecular formula is C11H22N2O4S. The average Bonchev–Trinajstić information content (AvgIpc) is 2.63. The molecule has 0 spiro atoms. The van der Waals surface area contributed by atoms with Crippen LogP contribution in [0.5, 0.6) is 0 Å². The van der Waals surface area contributed by atoms with Gasteiger partial charge in [0.2, 0.25) is 5.91 Å². The van der Waals surface area contributed by atoms with Crippen LogP contribution in [0.15, 0.2) is 0 Å². The molecule has 0 aromatic rings. The Morgan fingerprint density at radius 2 is 2.22 bits per heavy atom. The zero-order valence-electron chi connectivity index (χ0n) is 10.9. The van der Waals surface area contributed by atoms with Crippen LogP contribution in [0.1, 0.15) is 19.8 Å². The highest BCUT2D eigenvalue weighted by Gasteiger charge is 2.29. The molecule has 2 atom stereocenters. The smallest absolute Gasteiger partial charge is 0.236 e. The largest absolute Gasteiger partial charge is 0.385 e. The summed E-state index contributed by atoms with van der Waals surface area (Å²) in [7, 11) is -1.28.